The Bertz CT molecular complexity index is 289. The van der Waals surface area contributed by atoms with Crippen LogP contribution in [-0.4, -0.2) is 0 Å². The summed E-state index contributed by atoms with van der Waals surface area (Å²) in [5.74, 6) is 0. The largest absolute Gasteiger partial charge is 0.324 e. The van der Waals surface area contributed by atoms with Gasteiger partial charge in [0.2, 0.25) is 0 Å². The number of nitrogens with two attached hydrogens (primary N) is 1. The van der Waals surface area contributed by atoms with E-state index in [9.17, 15) is 0 Å². The second kappa shape index (κ2) is 4.58. The van der Waals surface area contributed by atoms with Crippen molar-refractivity contribution in [3.8, 4) is 0 Å². The number of halogens is 1. The molecule has 0 saturated heterocycles. The highest BCUT2D eigenvalue weighted by Crippen LogP contribution is 2.19. The van der Waals surface area contributed by atoms with Gasteiger partial charge in [0.1, 0.15) is 0 Å². The zero-order valence-corrected chi connectivity index (χ0v) is 9.34. The lowest BCUT2D eigenvalue weighted by Crippen LogP contribution is -2.09. The summed E-state index contributed by atoms with van der Waals surface area (Å²) in [5.41, 5.74) is 8.25. The Kier molecular flexibility index (Phi) is 3.70. The third-order valence-electron chi connectivity index (χ3n) is 1.87. The predicted molar refractivity (Wildman–Crippen MR) is 60.5 cm³/mol. The zero-order valence-electron chi connectivity index (χ0n) is 7.76. The molecule has 0 heterocycles. The quantitative estimate of drug-likeness (QED) is 0.805. The topological polar surface area (TPSA) is 26.0 Å². The van der Waals surface area contributed by atoms with E-state index in [2.05, 4.69) is 22.5 Å². The van der Waals surface area contributed by atoms with Crippen molar-refractivity contribution in [1.82, 2.24) is 0 Å². The molecule has 1 atom stereocenters. The molecule has 2 N–H and O–H groups in total. The lowest BCUT2D eigenvalue weighted by Gasteiger charge is -2.11. The van der Waals surface area contributed by atoms with Gasteiger partial charge in [-0.25, -0.2) is 0 Å². The normalized spacial score (nSPS) is 12.5. The Morgan fingerprint density at radius 2 is 2.00 bits per heavy atom. The van der Waals surface area contributed by atoms with Crippen molar-refractivity contribution < 1.29 is 0 Å². The van der Waals surface area contributed by atoms with Gasteiger partial charge in [0.05, 0.1) is 0 Å². The minimum Gasteiger partial charge on any atom is -0.324 e. The fourth-order valence-corrected chi connectivity index (χ4v) is 1.47. The lowest BCUT2D eigenvalue weighted by molar-refractivity contribution is 0.717. The molecule has 0 bridgehead atoms. The molecule has 0 aliphatic rings. The van der Waals surface area contributed by atoms with Crippen molar-refractivity contribution >= 4 is 15.9 Å². The number of rotatable bonds is 3. The molecule has 1 nitrogen and oxygen atoms in total. The van der Waals surface area contributed by atoms with Gasteiger partial charge >= 0.3 is 0 Å². The monoisotopic (exact) mass is 239 g/mol. The van der Waals surface area contributed by atoms with Crippen LogP contribution in [0.4, 0.5) is 0 Å². The van der Waals surface area contributed by atoms with Crippen LogP contribution in [0.5, 0.6) is 0 Å². The second-order valence-corrected chi connectivity index (χ2v) is 4.23. The number of benzene rings is 1. The van der Waals surface area contributed by atoms with E-state index in [-0.39, 0.29) is 6.04 Å². The third kappa shape index (κ3) is 3.33. The van der Waals surface area contributed by atoms with Gasteiger partial charge in [0.15, 0.2) is 0 Å². The van der Waals surface area contributed by atoms with Gasteiger partial charge in [0, 0.05) is 10.5 Å². The van der Waals surface area contributed by atoms with Crippen LogP contribution < -0.4 is 5.73 Å². The summed E-state index contributed by atoms with van der Waals surface area (Å²) in [6.45, 7) is 5.85. The average Bonchev–Trinajstić information content (AvgIpc) is 2.04. The second-order valence-electron chi connectivity index (χ2n) is 3.32. The summed E-state index contributed by atoms with van der Waals surface area (Å²) in [4.78, 5) is 0. The van der Waals surface area contributed by atoms with E-state index >= 15 is 0 Å². The molecule has 2 heteroatoms. The predicted octanol–water partition coefficient (Wildman–Crippen LogP) is 3.42. The van der Waals surface area contributed by atoms with Crippen molar-refractivity contribution in [2.75, 3.05) is 0 Å². The molecule has 0 spiro atoms. The molecule has 1 aromatic rings. The molecule has 0 unspecified atom stereocenters. The smallest absolute Gasteiger partial charge is 0.0332 e. The maximum Gasteiger partial charge on any atom is 0.0332 e. The molecule has 0 aromatic heterocycles. The summed E-state index contributed by atoms with van der Waals surface area (Å²) in [6.07, 6.45) is 0.849. The molecule has 1 rings (SSSR count). The van der Waals surface area contributed by atoms with Crippen molar-refractivity contribution in [3.05, 3.63) is 46.5 Å². The molecule has 0 aliphatic heterocycles. The molecule has 0 radical (unpaired) electrons. The Labute approximate surface area is 87.8 Å². The highest BCUT2D eigenvalue weighted by Gasteiger charge is 2.04. The summed E-state index contributed by atoms with van der Waals surface area (Å²) >= 11 is 3.39. The third-order valence-corrected chi connectivity index (χ3v) is 2.40. The van der Waals surface area contributed by atoms with Gasteiger partial charge in [-0.2, -0.15) is 0 Å². The molecular weight excluding hydrogens is 226 g/mol. The van der Waals surface area contributed by atoms with E-state index in [0.29, 0.717) is 0 Å². The number of hydrogen-bond acceptors (Lipinski definition) is 1. The van der Waals surface area contributed by atoms with E-state index in [1.807, 2.05) is 31.2 Å². The molecule has 0 aliphatic carbocycles. The fourth-order valence-electron chi connectivity index (χ4n) is 1.20. The molecule has 70 valence electrons. The first-order valence-corrected chi connectivity index (χ1v) is 5.04. The van der Waals surface area contributed by atoms with Crippen molar-refractivity contribution in [2.45, 2.75) is 19.4 Å². The minimum atomic E-state index is 0.0746. The SMILES string of the molecule is C=C(C)C[C@@H](N)c1ccc(Br)cc1. The Morgan fingerprint density at radius 3 is 2.46 bits per heavy atom. The van der Waals surface area contributed by atoms with Gasteiger partial charge in [0.25, 0.3) is 0 Å². The molecule has 0 saturated carbocycles. The van der Waals surface area contributed by atoms with Crippen molar-refractivity contribution in [1.29, 1.82) is 0 Å². The van der Waals surface area contributed by atoms with E-state index in [1.165, 1.54) is 0 Å². The van der Waals surface area contributed by atoms with Gasteiger partial charge in [-0.3, -0.25) is 0 Å². The van der Waals surface area contributed by atoms with Crippen molar-refractivity contribution in [2.24, 2.45) is 5.73 Å². The van der Waals surface area contributed by atoms with E-state index in [1.54, 1.807) is 0 Å². The molecule has 13 heavy (non-hydrogen) atoms. The first-order valence-electron chi connectivity index (χ1n) is 4.25. The van der Waals surface area contributed by atoms with Crippen LogP contribution in [0.2, 0.25) is 0 Å². The first-order chi connectivity index (χ1) is 6.09. The summed E-state index contributed by atoms with van der Waals surface area (Å²) < 4.78 is 1.08. The highest BCUT2D eigenvalue weighted by atomic mass is 79.9. The van der Waals surface area contributed by atoms with Gasteiger partial charge in [-0.1, -0.05) is 33.6 Å². The maximum atomic E-state index is 5.97. The summed E-state index contributed by atoms with van der Waals surface area (Å²) in [7, 11) is 0. The van der Waals surface area contributed by atoms with Gasteiger partial charge in [-0.05, 0) is 31.0 Å². The van der Waals surface area contributed by atoms with E-state index in [4.69, 9.17) is 5.73 Å². The minimum absolute atomic E-state index is 0.0746. The molecule has 0 amide bonds. The Morgan fingerprint density at radius 1 is 1.46 bits per heavy atom. The zero-order chi connectivity index (χ0) is 9.84. The van der Waals surface area contributed by atoms with Crippen molar-refractivity contribution in [3.63, 3.8) is 0 Å². The fraction of sp³-hybridized carbons (Fsp3) is 0.273. The molecular formula is C11H14BrN. The highest BCUT2D eigenvalue weighted by molar-refractivity contribution is 9.10. The van der Waals surface area contributed by atoms with E-state index < -0.39 is 0 Å². The Hall–Kier alpha value is -0.600. The van der Waals surface area contributed by atoms with E-state index in [0.717, 1.165) is 22.0 Å². The van der Waals surface area contributed by atoms with Gasteiger partial charge < -0.3 is 5.73 Å². The molecule has 1 aromatic carbocycles. The van der Waals surface area contributed by atoms with Crippen LogP contribution in [0.3, 0.4) is 0 Å². The first kappa shape index (κ1) is 10.5. The van der Waals surface area contributed by atoms with Crippen LogP contribution in [0.15, 0.2) is 40.9 Å². The Balaban J connectivity index is 2.71. The maximum absolute atomic E-state index is 5.97. The van der Waals surface area contributed by atoms with Gasteiger partial charge in [-0.15, -0.1) is 6.58 Å². The van der Waals surface area contributed by atoms with Crippen LogP contribution >= 0.6 is 15.9 Å². The summed E-state index contributed by atoms with van der Waals surface area (Å²) in [6, 6.07) is 8.17. The molecule has 0 fully saturated rings. The number of hydrogen-bond donors (Lipinski definition) is 1. The summed E-state index contributed by atoms with van der Waals surface area (Å²) in [5, 5.41) is 0. The lowest BCUT2D eigenvalue weighted by atomic mass is 10.0. The van der Waals surface area contributed by atoms with Crippen LogP contribution in [-0.2, 0) is 0 Å². The van der Waals surface area contributed by atoms with Crippen LogP contribution in [0.25, 0.3) is 0 Å². The van der Waals surface area contributed by atoms with Crippen LogP contribution in [0, 0.1) is 0 Å². The standard InChI is InChI=1S/C11H14BrN/c1-8(2)7-11(13)9-3-5-10(12)6-4-9/h3-6,11H,1,7,13H2,2H3/t11-/m1/s1. The van der Waals surface area contributed by atoms with Crippen LogP contribution in [0.1, 0.15) is 24.9 Å². The average molecular weight is 240 g/mol.